The largest absolute Gasteiger partial charge is 0.508 e. The molecule has 2 N–H and O–H groups in total. The molecule has 0 spiro atoms. The number of aromatic hydroxyl groups is 1. The van der Waals surface area contributed by atoms with E-state index >= 15 is 0 Å². The number of hydrogen-bond donors (Lipinski definition) is 2. The fourth-order valence-electron chi connectivity index (χ4n) is 2.91. The van der Waals surface area contributed by atoms with E-state index in [2.05, 4.69) is 4.98 Å². The third-order valence-corrected chi connectivity index (χ3v) is 5.36. The molecule has 0 saturated carbocycles. The Morgan fingerprint density at radius 2 is 2.00 bits per heavy atom. The number of aryl methyl sites for hydroxylation is 2. The first-order valence-corrected chi connectivity index (χ1v) is 7.96. The van der Waals surface area contributed by atoms with Crippen LogP contribution in [-0.4, -0.2) is 14.7 Å². The van der Waals surface area contributed by atoms with Crippen LogP contribution in [0.25, 0.3) is 15.9 Å². The highest BCUT2D eigenvalue weighted by Crippen LogP contribution is 2.34. The summed E-state index contributed by atoms with van der Waals surface area (Å²) in [6.07, 6.45) is 3.13. The van der Waals surface area contributed by atoms with Gasteiger partial charge in [-0.25, -0.2) is 0 Å². The fourth-order valence-corrected chi connectivity index (χ4v) is 4.55. The number of nitrogens with one attached hydrogen (secondary N) is 1. The third kappa shape index (κ3) is 1.86. The molecule has 106 valence electrons. The number of aromatic nitrogens is 2. The Bertz CT molecular complexity index is 964. The highest BCUT2D eigenvalue weighted by Gasteiger charge is 2.21. The number of phenols is 1. The van der Waals surface area contributed by atoms with Crippen LogP contribution in [0.15, 0.2) is 29.1 Å². The lowest BCUT2D eigenvalue weighted by Crippen LogP contribution is -2.20. The highest BCUT2D eigenvalue weighted by molar-refractivity contribution is 7.71. The molecule has 4 nitrogen and oxygen atoms in total. The van der Waals surface area contributed by atoms with Gasteiger partial charge in [-0.3, -0.25) is 9.36 Å². The Labute approximate surface area is 129 Å². The summed E-state index contributed by atoms with van der Waals surface area (Å²) < 4.78 is 1.89. The zero-order valence-corrected chi connectivity index (χ0v) is 12.7. The van der Waals surface area contributed by atoms with Gasteiger partial charge < -0.3 is 10.1 Å². The van der Waals surface area contributed by atoms with E-state index in [9.17, 15) is 9.90 Å². The number of H-pyrrole nitrogens is 1. The van der Waals surface area contributed by atoms with Crippen LogP contribution < -0.4 is 5.56 Å². The molecule has 0 unspecified atom stereocenters. The van der Waals surface area contributed by atoms with Crippen molar-refractivity contribution in [2.75, 3.05) is 0 Å². The van der Waals surface area contributed by atoms with Crippen molar-refractivity contribution in [3.05, 3.63) is 49.8 Å². The van der Waals surface area contributed by atoms with Crippen LogP contribution in [0.1, 0.15) is 16.9 Å². The predicted molar refractivity (Wildman–Crippen MR) is 86.3 cm³/mol. The van der Waals surface area contributed by atoms with Crippen LogP contribution in [0.5, 0.6) is 5.75 Å². The van der Waals surface area contributed by atoms with Gasteiger partial charge in [0.1, 0.15) is 10.6 Å². The molecule has 2 aromatic heterocycles. The maximum atomic E-state index is 12.9. The van der Waals surface area contributed by atoms with Crippen molar-refractivity contribution in [1.82, 2.24) is 9.55 Å². The van der Waals surface area contributed by atoms with E-state index in [1.165, 1.54) is 15.0 Å². The van der Waals surface area contributed by atoms with E-state index in [0.29, 0.717) is 10.5 Å². The molecule has 0 saturated heterocycles. The van der Waals surface area contributed by atoms with Gasteiger partial charge in [-0.05, 0) is 61.3 Å². The number of hydrogen-bond acceptors (Lipinski definition) is 4. The zero-order valence-electron chi connectivity index (χ0n) is 11.0. The Morgan fingerprint density at radius 3 is 2.76 bits per heavy atom. The molecule has 4 rings (SSSR count). The summed E-state index contributed by atoms with van der Waals surface area (Å²) >= 11 is 6.99. The van der Waals surface area contributed by atoms with E-state index in [1.54, 1.807) is 35.6 Å². The lowest BCUT2D eigenvalue weighted by Gasteiger charge is -2.07. The summed E-state index contributed by atoms with van der Waals surface area (Å²) in [5.74, 6) is 0.166. The zero-order chi connectivity index (χ0) is 14.6. The summed E-state index contributed by atoms with van der Waals surface area (Å²) in [5.41, 5.74) is 1.77. The van der Waals surface area contributed by atoms with E-state index in [4.69, 9.17) is 12.2 Å². The Morgan fingerprint density at radius 1 is 1.24 bits per heavy atom. The SMILES string of the molecule is O=c1c2c3c(sc2[nH]c(=S)n1-c1ccc(O)cc1)CCC3. The van der Waals surface area contributed by atoms with Crippen molar-refractivity contribution in [2.45, 2.75) is 19.3 Å². The molecule has 0 atom stereocenters. The third-order valence-electron chi connectivity index (χ3n) is 3.87. The molecule has 0 aliphatic heterocycles. The quantitative estimate of drug-likeness (QED) is 0.677. The van der Waals surface area contributed by atoms with Gasteiger partial charge in [-0.2, -0.15) is 0 Å². The van der Waals surface area contributed by atoms with Crippen molar-refractivity contribution in [3.8, 4) is 11.4 Å². The van der Waals surface area contributed by atoms with Crippen LogP contribution in [0.2, 0.25) is 0 Å². The summed E-state index contributed by atoms with van der Waals surface area (Å²) in [5, 5.41) is 10.2. The number of fused-ring (bicyclic) bond motifs is 3. The van der Waals surface area contributed by atoms with Crippen molar-refractivity contribution >= 4 is 33.8 Å². The first-order valence-electron chi connectivity index (χ1n) is 6.74. The molecule has 0 radical (unpaired) electrons. The van der Waals surface area contributed by atoms with Crippen molar-refractivity contribution in [2.24, 2.45) is 0 Å². The molecular formula is C15H12N2O2S2. The molecule has 6 heteroatoms. The second-order valence-corrected chi connectivity index (χ2v) is 6.64. The van der Waals surface area contributed by atoms with E-state index in [0.717, 1.165) is 29.5 Å². The van der Waals surface area contributed by atoms with Crippen LogP contribution in [0.4, 0.5) is 0 Å². The van der Waals surface area contributed by atoms with Gasteiger partial charge in [-0.15, -0.1) is 11.3 Å². The molecule has 2 heterocycles. The van der Waals surface area contributed by atoms with Crippen molar-refractivity contribution in [1.29, 1.82) is 0 Å². The van der Waals surface area contributed by atoms with Crippen molar-refractivity contribution < 1.29 is 5.11 Å². The van der Waals surface area contributed by atoms with Crippen LogP contribution in [-0.2, 0) is 12.8 Å². The molecule has 0 fully saturated rings. The molecule has 0 bridgehead atoms. The summed E-state index contributed by atoms with van der Waals surface area (Å²) in [6, 6.07) is 6.50. The van der Waals surface area contributed by atoms with Crippen LogP contribution >= 0.6 is 23.6 Å². The van der Waals surface area contributed by atoms with Gasteiger partial charge in [0, 0.05) is 4.88 Å². The number of aromatic amines is 1. The fraction of sp³-hybridized carbons (Fsp3) is 0.200. The monoisotopic (exact) mass is 316 g/mol. The maximum absolute atomic E-state index is 12.9. The first kappa shape index (κ1) is 12.8. The Balaban J connectivity index is 2.08. The second kappa shape index (κ2) is 4.54. The molecule has 1 aromatic carbocycles. The van der Waals surface area contributed by atoms with Gasteiger partial charge in [0.2, 0.25) is 0 Å². The molecule has 1 aliphatic rings. The van der Waals surface area contributed by atoms with Gasteiger partial charge in [0.05, 0.1) is 11.1 Å². The van der Waals surface area contributed by atoms with Gasteiger partial charge in [0.25, 0.3) is 5.56 Å². The minimum absolute atomic E-state index is 0.0705. The molecule has 0 amide bonds. The van der Waals surface area contributed by atoms with Crippen LogP contribution in [0.3, 0.4) is 0 Å². The number of rotatable bonds is 1. The average Bonchev–Trinajstić information content (AvgIpc) is 3.00. The molecule has 1 aliphatic carbocycles. The summed E-state index contributed by atoms with van der Waals surface area (Å²) in [6.45, 7) is 0. The number of phenolic OH excluding ortho intramolecular Hbond substituents is 1. The number of benzene rings is 1. The molecule has 3 aromatic rings. The number of nitrogens with zero attached hydrogens (tertiary/aromatic N) is 1. The molecular weight excluding hydrogens is 304 g/mol. The minimum atomic E-state index is -0.0705. The normalized spacial score (nSPS) is 13.7. The maximum Gasteiger partial charge on any atom is 0.267 e. The smallest absolute Gasteiger partial charge is 0.267 e. The van der Waals surface area contributed by atoms with E-state index in [1.807, 2.05) is 0 Å². The summed E-state index contributed by atoms with van der Waals surface area (Å²) in [7, 11) is 0. The average molecular weight is 316 g/mol. The Hall–Kier alpha value is -1.92. The van der Waals surface area contributed by atoms with Gasteiger partial charge >= 0.3 is 0 Å². The highest BCUT2D eigenvalue weighted by atomic mass is 32.1. The van der Waals surface area contributed by atoms with Crippen LogP contribution in [0, 0.1) is 4.77 Å². The van der Waals surface area contributed by atoms with Crippen molar-refractivity contribution in [3.63, 3.8) is 0 Å². The topological polar surface area (TPSA) is 58.0 Å². The van der Waals surface area contributed by atoms with Gasteiger partial charge in [0.15, 0.2) is 4.77 Å². The lowest BCUT2D eigenvalue weighted by atomic mass is 10.2. The second-order valence-electron chi connectivity index (χ2n) is 5.15. The minimum Gasteiger partial charge on any atom is -0.508 e. The first-order chi connectivity index (χ1) is 10.1. The lowest BCUT2D eigenvalue weighted by molar-refractivity contribution is 0.475. The molecule has 21 heavy (non-hydrogen) atoms. The standard InChI is InChI=1S/C15H12N2O2S2/c18-9-6-4-8(5-7-9)17-14(19)12-10-2-1-3-11(10)21-13(12)16-15(17)20/h4-7,18H,1-3H2,(H,16,20). The number of thiophene rings is 1. The van der Waals surface area contributed by atoms with Gasteiger partial charge in [-0.1, -0.05) is 0 Å². The van der Waals surface area contributed by atoms with E-state index < -0.39 is 0 Å². The van der Waals surface area contributed by atoms with E-state index in [-0.39, 0.29) is 11.3 Å². The summed E-state index contributed by atoms with van der Waals surface area (Å²) in [4.78, 5) is 18.2. The Kier molecular flexibility index (Phi) is 2.77. The predicted octanol–water partition coefficient (Wildman–Crippen LogP) is 3.30.